The molecule has 1 aromatic heterocycles. The van der Waals surface area contributed by atoms with Crippen molar-refractivity contribution in [3.8, 4) is 11.3 Å². The zero-order valence-electron chi connectivity index (χ0n) is 15.5. The predicted octanol–water partition coefficient (Wildman–Crippen LogP) is 4.70. The van der Waals surface area contributed by atoms with Gasteiger partial charge in [0.1, 0.15) is 0 Å². The van der Waals surface area contributed by atoms with Crippen LogP contribution in [0.3, 0.4) is 0 Å². The normalized spacial score (nSPS) is 16.6. The number of aryl methyl sites for hydroxylation is 1. The molecule has 4 rings (SSSR count). The Morgan fingerprint density at radius 1 is 1.19 bits per heavy atom. The lowest BCUT2D eigenvalue weighted by molar-refractivity contribution is 0.112. The Morgan fingerprint density at radius 2 is 2.00 bits per heavy atom. The summed E-state index contributed by atoms with van der Waals surface area (Å²) < 4.78 is 5.57. The summed E-state index contributed by atoms with van der Waals surface area (Å²) in [6.45, 7) is 3.46. The first-order valence-electron chi connectivity index (χ1n) is 9.61. The second-order valence-corrected chi connectivity index (χ2v) is 6.94. The molecular formula is C22H25N3O2. The molecule has 140 valence electrons. The van der Waals surface area contributed by atoms with E-state index in [1.807, 2.05) is 24.3 Å². The maximum absolute atomic E-state index is 12.5. The van der Waals surface area contributed by atoms with Gasteiger partial charge in [0.2, 0.25) is 0 Å². The lowest BCUT2D eigenvalue weighted by atomic mass is 10.1. The van der Waals surface area contributed by atoms with Gasteiger partial charge in [-0.15, -0.1) is 0 Å². The van der Waals surface area contributed by atoms with Gasteiger partial charge in [0.15, 0.2) is 0 Å². The van der Waals surface area contributed by atoms with Crippen molar-refractivity contribution in [1.82, 2.24) is 10.3 Å². The average molecular weight is 363 g/mol. The van der Waals surface area contributed by atoms with Gasteiger partial charge in [-0.25, -0.2) is 4.79 Å². The number of aromatic amines is 1. The Hall–Kier alpha value is -2.79. The number of rotatable bonds is 5. The fourth-order valence-electron chi connectivity index (χ4n) is 3.56. The number of carbonyl (C=O) groups excluding carboxylic acids is 1. The molecule has 0 unspecified atom stereocenters. The molecule has 1 fully saturated rings. The van der Waals surface area contributed by atoms with E-state index in [4.69, 9.17) is 4.74 Å². The number of para-hydroxylation sites is 1. The molecular weight excluding hydrogens is 338 g/mol. The zero-order chi connectivity index (χ0) is 18.6. The van der Waals surface area contributed by atoms with Gasteiger partial charge in [-0.2, -0.15) is 0 Å². The van der Waals surface area contributed by atoms with Crippen LogP contribution in [0.1, 0.15) is 25.3 Å². The number of nitrogens with one attached hydrogen (secondary N) is 3. The molecule has 0 saturated carbocycles. The molecule has 5 heteroatoms. The van der Waals surface area contributed by atoms with Crippen molar-refractivity contribution in [3.05, 3.63) is 54.1 Å². The van der Waals surface area contributed by atoms with Crippen LogP contribution in [-0.2, 0) is 11.2 Å². The molecule has 2 amide bonds. The van der Waals surface area contributed by atoms with Gasteiger partial charge >= 0.3 is 6.03 Å². The highest BCUT2D eigenvalue weighted by Crippen LogP contribution is 2.35. The fourth-order valence-corrected chi connectivity index (χ4v) is 3.56. The molecule has 5 nitrogen and oxygen atoms in total. The second kappa shape index (κ2) is 7.84. The van der Waals surface area contributed by atoms with E-state index in [0.717, 1.165) is 53.7 Å². The average Bonchev–Trinajstić information content (AvgIpc) is 3.35. The van der Waals surface area contributed by atoms with Crippen molar-refractivity contribution >= 4 is 22.6 Å². The van der Waals surface area contributed by atoms with Gasteiger partial charge in [-0.05, 0) is 30.9 Å². The van der Waals surface area contributed by atoms with Gasteiger partial charge < -0.3 is 20.4 Å². The third-order valence-corrected chi connectivity index (χ3v) is 5.11. The van der Waals surface area contributed by atoms with Crippen LogP contribution in [0.4, 0.5) is 10.5 Å². The van der Waals surface area contributed by atoms with Crippen LogP contribution in [0.15, 0.2) is 48.5 Å². The summed E-state index contributed by atoms with van der Waals surface area (Å²) >= 11 is 0. The first kappa shape index (κ1) is 17.6. The van der Waals surface area contributed by atoms with Crippen LogP contribution in [0.2, 0.25) is 0 Å². The van der Waals surface area contributed by atoms with Crippen molar-refractivity contribution in [2.24, 2.45) is 0 Å². The van der Waals surface area contributed by atoms with Gasteiger partial charge in [0, 0.05) is 29.6 Å². The first-order chi connectivity index (χ1) is 13.2. The van der Waals surface area contributed by atoms with Crippen LogP contribution in [0, 0.1) is 0 Å². The van der Waals surface area contributed by atoms with Crippen molar-refractivity contribution in [3.63, 3.8) is 0 Å². The van der Waals surface area contributed by atoms with E-state index < -0.39 is 0 Å². The van der Waals surface area contributed by atoms with E-state index >= 15 is 0 Å². The second-order valence-electron chi connectivity index (χ2n) is 6.94. The number of urea groups is 1. The van der Waals surface area contributed by atoms with E-state index in [1.54, 1.807) is 0 Å². The Balaban J connectivity index is 1.60. The number of fused-ring (bicyclic) bond motifs is 1. The van der Waals surface area contributed by atoms with Crippen LogP contribution in [0.5, 0.6) is 0 Å². The summed E-state index contributed by atoms with van der Waals surface area (Å²) in [4.78, 5) is 16.0. The number of hydrogen-bond acceptors (Lipinski definition) is 2. The molecule has 27 heavy (non-hydrogen) atoms. The molecule has 0 bridgehead atoms. The number of aromatic nitrogens is 1. The third-order valence-electron chi connectivity index (χ3n) is 5.11. The van der Waals surface area contributed by atoms with Crippen LogP contribution in [0.25, 0.3) is 22.2 Å². The largest absolute Gasteiger partial charge is 0.376 e. The lowest BCUT2D eigenvalue weighted by Crippen LogP contribution is -2.35. The fraction of sp³-hybridized carbons (Fsp3) is 0.318. The zero-order valence-corrected chi connectivity index (χ0v) is 15.5. The van der Waals surface area contributed by atoms with Gasteiger partial charge in [-0.3, -0.25) is 0 Å². The molecule has 1 saturated heterocycles. The molecule has 1 aliphatic heterocycles. The summed E-state index contributed by atoms with van der Waals surface area (Å²) in [5, 5.41) is 6.98. The van der Waals surface area contributed by atoms with E-state index in [2.05, 4.69) is 46.8 Å². The molecule has 1 aliphatic rings. The van der Waals surface area contributed by atoms with Crippen molar-refractivity contribution in [1.29, 1.82) is 0 Å². The summed E-state index contributed by atoms with van der Waals surface area (Å²) in [5.74, 6) is 0. The third kappa shape index (κ3) is 3.83. The lowest BCUT2D eigenvalue weighted by Gasteiger charge is -2.13. The number of ether oxygens (including phenoxy) is 1. The standard InChI is InChI=1S/C22H25N3O2/c1-2-15-9-11-16(12-10-15)20-21(18-7-3-4-8-19(18)24-20)25-22(26)23-14-17-6-5-13-27-17/h3-4,7-12,17,24H,2,5-6,13-14H2,1H3,(H2,23,25,26)/t17-/m1/s1. The van der Waals surface area contributed by atoms with E-state index in [1.165, 1.54) is 5.56 Å². The molecule has 3 aromatic rings. The monoisotopic (exact) mass is 363 g/mol. The smallest absolute Gasteiger partial charge is 0.319 e. The Bertz CT molecular complexity index is 924. The topological polar surface area (TPSA) is 66.2 Å². The highest BCUT2D eigenvalue weighted by Gasteiger charge is 2.18. The minimum absolute atomic E-state index is 0.125. The molecule has 0 spiro atoms. The molecule has 2 aromatic carbocycles. The maximum Gasteiger partial charge on any atom is 0.319 e. The van der Waals surface area contributed by atoms with Gasteiger partial charge in [0.05, 0.1) is 17.5 Å². The number of carbonyl (C=O) groups is 1. The number of hydrogen-bond donors (Lipinski definition) is 3. The minimum Gasteiger partial charge on any atom is -0.376 e. The van der Waals surface area contributed by atoms with Crippen molar-refractivity contribution < 1.29 is 9.53 Å². The van der Waals surface area contributed by atoms with E-state index in [0.29, 0.717) is 6.54 Å². The maximum atomic E-state index is 12.5. The van der Waals surface area contributed by atoms with Crippen molar-refractivity contribution in [2.75, 3.05) is 18.5 Å². The number of benzene rings is 2. The number of H-pyrrole nitrogens is 1. The number of amides is 2. The number of anilines is 1. The highest BCUT2D eigenvalue weighted by molar-refractivity contribution is 6.07. The quantitative estimate of drug-likeness (QED) is 0.615. The Labute approximate surface area is 159 Å². The van der Waals surface area contributed by atoms with E-state index in [-0.39, 0.29) is 12.1 Å². The van der Waals surface area contributed by atoms with Crippen molar-refractivity contribution in [2.45, 2.75) is 32.3 Å². The summed E-state index contributed by atoms with van der Waals surface area (Å²) in [5.41, 5.74) is 5.07. The first-order valence-corrected chi connectivity index (χ1v) is 9.61. The summed E-state index contributed by atoms with van der Waals surface area (Å²) in [7, 11) is 0. The van der Waals surface area contributed by atoms with Crippen LogP contribution < -0.4 is 10.6 Å². The molecule has 1 atom stereocenters. The Morgan fingerprint density at radius 3 is 2.74 bits per heavy atom. The summed E-state index contributed by atoms with van der Waals surface area (Å²) in [6.07, 6.45) is 3.19. The SMILES string of the molecule is CCc1ccc(-c2[nH]c3ccccc3c2NC(=O)NC[C@H]2CCCO2)cc1. The van der Waals surface area contributed by atoms with E-state index in [9.17, 15) is 4.79 Å². The highest BCUT2D eigenvalue weighted by atomic mass is 16.5. The minimum atomic E-state index is -0.207. The molecule has 0 aliphatic carbocycles. The van der Waals surface area contributed by atoms with Crippen LogP contribution in [-0.4, -0.2) is 30.3 Å². The molecule has 2 heterocycles. The Kier molecular flexibility index (Phi) is 5.12. The predicted molar refractivity (Wildman–Crippen MR) is 109 cm³/mol. The van der Waals surface area contributed by atoms with Gasteiger partial charge in [-0.1, -0.05) is 49.4 Å². The summed E-state index contributed by atoms with van der Waals surface area (Å²) in [6, 6.07) is 16.3. The molecule has 3 N–H and O–H groups in total. The molecule has 0 radical (unpaired) electrons. The van der Waals surface area contributed by atoms with Crippen LogP contribution >= 0.6 is 0 Å². The van der Waals surface area contributed by atoms with Gasteiger partial charge in [0.25, 0.3) is 0 Å².